The van der Waals surface area contributed by atoms with Gasteiger partial charge < -0.3 is 20.6 Å². The molecule has 1 saturated heterocycles. The number of hydrogen-bond acceptors (Lipinski definition) is 4. The predicted octanol–water partition coefficient (Wildman–Crippen LogP) is 3.39. The van der Waals surface area contributed by atoms with Gasteiger partial charge >= 0.3 is 0 Å². The number of aliphatic imine (C=N–C) groups is 1. The van der Waals surface area contributed by atoms with E-state index in [0.717, 1.165) is 42.9 Å². The average molecular weight is 494 g/mol. The van der Waals surface area contributed by atoms with Crippen LogP contribution >= 0.6 is 35.3 Å². The Balaban J connectivity index is 0.00000338. The van der Waals surface area contributed by atoms with Gasteiger partial charge in [-0.2, -0.15) is 0 Å². The summed E-state index contributed by atoms with van der Waals surface area (Å²) in [5.41, 5.74) is -0.917. The summed E-state index contributed by atoms with van der Waals surface area (Å²) in [5.74, 6) is 0.783. The molecule has 1 fully saturated rings. The molecule has 1 aliphatic rings. The van der Waals surface area contributed by atoms with E-state index in [1.165, 1.54) is 25.8 Å². The highest BCUT2D eigenvalue weighted by Crippen LogP contribution is 2.25. The Bertz CT molecular complexity index is 522. The largest absolute Gasteiger partial charge is 0.383 e. The van der Waals surface area contributed by atoms with Gasteiger partial charge in [-0.3, -0.25) is 0 Å². The standard InChI is InChI=1S/C19H34N4OS.HI/c1-4-20-18(22-15-19(3,24)17-10-7-14-25-17)21-11-8-13-23-12-6-5-9-16(23)2;/h7,10,14,16,24H,4-6,8-9,11-13,15H2,1-3H3,(H2,20,21,22);1H. The molecule has 0 radical (unpaired) electrons. The number of hydrogen-bond donors (Lipinski definition) is 3. The average Bonchev–Trinajstić information content (AvgIpc) is 3.13. The minimum Gasteiger partial charge on any atom is -0.383 e. The molecule has 3 N–H and O–H groups in total. The van der Waals surface area contributed by atoms with Gasteiger partial charge in [0.2, 0.25) is 0 Å². The number of thiophene rings is 1. The lowest BCUT2D eigenvalue weighted by molar-refractivity contribution is 0.0711. The van der Waals surface area contributed by atoms with Crippen LogP contribution in [0.25, 0.3) is 0 Å². The molecule has 0 aliphatic carbocycles. The third-order valence-electron chi connectivity index (χ3n) is 4.80. The van der Waals surface area contributed by atoms with Crippen molar-refractivity contribution in [2.24, 2.45) is 4.99 Å². The van der Waals surface area contributed by atoms with Gasteiger partial charge in [0.25, 0.3) is 0 Å². The Morgan fingerprint density at radius 3 is 2.88 bits per heavy atom. The molecule has 0 spiro atoms. The summed E-state index contributed by atoms with van der Waals surface area (Å²) in [7, 11) is 0. The Morgan fingerprint density at radius 1 is 1.42 bits per heavy atom. The van der Waals surface area contributed by atoms with Gasteiger partial charge in [-0.1, -0.05) is 12.5 Å². The van der Waals surface area contributed by atoms with Gasteiger partial charge in [-0.05, 0) is 58.0 Å². The molecule has 5 nitrogen and oxygen atoms in total. The quantitative estimate of drug-likeness (QED) is 0.225. The smallest absolute Gasteiger partial charge is 0.191 e. The molecule has 2 rings (SSSR count). The van der Waals surface area contributed by atoms with E-state index in [-0.39, 0.29) is 24.0 Å². The van der Waals surface area contributed by atoms with Gasteiger partial charge in [0.15, 0.2) is 5.96 Å². The van der Waals surface area contributed by atoms with Crippen LogP contribution in [0.1, 0.15) is 51.3 Å². The molecule has 0 aromatic carbocycles. The lowest BCUT2D eigenvalue weighted by Crippen LogP contribution is -2.42. The normalized spacial score (nSPS) is 20.9. The van der Waals surface area contributed by atoms with Crippen LogP contribution in [0.4, 0.5) is 0 Å². The van der Waals surface area contributed by atoms with E-state index >= 15 is 0 Å². The zero-order chi connectivity index (χ0) is 18.1. The van der Waals surface area contributed by atoms with E-state index < -0.39 is 5.60 Å². The zero-order valence-corrected chi connectivity index (χ0v) is 19.5. The number of halogens is 1. The molecule has 26 heavy (non-hydrogen) atoms. The van der Waals surface area contributed by atoms with Crippen molar-refractivity contribution in [1.29, 1.82) is 0 Å². The van der Waals surface area contributed by atoms with Gasteiger partial charge in [-0.25, -0.2) is 4.99 Å². The minimum atomic E-state index is -0.917. The van der Waals surface area contributed by atoms with Crippen LogP contribution in [-0.4, -0.2) is 54.7 Å². The number of aliphatic hydroxyl groups is 1. The summed E-state index contributed by atoms with van der Waals surface area (Å²) in [6, 6.07) is 4.64. The lowest BCUT2D eigenvalue weighted by Gasteiger charge is -2.33. The van der Waals surface area contributed by atoms with E-state index in [4.69, 9.17) is 0 Å². The first-order chi connectivity index (χ1) is 12.0. The summed E-state index contributed by atoms with van der Waals surface area (Å²) in [5, 5.41) is 19.3. The molecule has 1 aromatic heterocycles. The van der Waals surface area contributed by atoms with Crippen molar-refractivity contribution in [3.63, 3.8) is 0 Å². The molecule has 150 valence electrons. The first-order valence-electron chi connectivity index (χ1n) is 9.55. The van der Waals surface area contributed by atoms with Crippen LogP contribution < -0.4 is 10.6 Å². The molecule has 2 atom stereocenters. The second-order valence-corrected chi connectivity index (χ2v) is 8.06. The van der Waals surface area contributed by atoms with Crippen molar-refractivity contribution in [1.82, 2.24) is 15.5 Å². The monoisotopic (exact) mass is 494 g/mol. The highest BCUT2D eigenvalue weighted by atomic mass is 127. The third kappa shape index (κ3) is 7.70. The van der Waals surface area contributed by atoms with Gasteiger partial charge in [0, 0.05) is 30.6 Å². The maximum absolute atomic E-state index is 10.6. The zero-order valence-electron chi connectivity index (χ0n) is 16.3. The van der Waals surface area contributed by atoms with Gasteiger partial charge in [0.1, 0.15) is 5.60 Å². The SMILES string of the molecule is CCNC(=NCC(C)(O)c1cccs1)NCCCN1CCCCC1C.I. The molecule has 1 aliphatic heterocycles. The van der Waals surface area contributed by atoms with E-state index in [0.29, 0.717) is 6.54 Å². The first-order valence-corrected chi connectivity index (χ1v) is 10.4. The molecule has 2 unspecified atom stereocenters. The topological polar surface area (TPSA) is 59.9 Å². The van der Waals surface area contributed by atoms with Crippen molar-refractivity contribution in [2.45, 2.75) is 58.1 Å². The Morgan fingerprint density at radius 2 is 2.23 bits per heavy atom. The molecule has 0 bridgehead atoms. The fourth-order valence-corrected chi connectivity index (χ4v) is 4.00. The third-order valence-corrected chi connectivity index (χ3v) is 5.92. The number of nitrogens with one attached hydrogen (secondary N) is 2. The second-order valence-electron chi connectivity index (χ2n) is 7.11. The number of guanidine groups is 1. The molecule has 0 saturated carbocycles. The molecule has 2 heterocycles. The minimum absolute atomic E-state index is 0. The molecule has 0 amide bonds. The lowest BCUT2D eigenvalue weighted by atomic mass is 10.0. The van der Waals surface area contributed by atoms with Crippen LogP contribution in [-0.2, 0) is 5.60 Å². The van der Waals surface area contributed by atoms with Crippen LogP contribution in [0, 0.1) is 0 Å². The van der Waals surface area contributed by atoms with E-state index in [1.54, 1.807) is 11.3 Å². The summed E-state index contributed by atoms with van der Waals surface area (Å²) < 4.78 is 0. The Labute approximate surface area is 179 Å². The highest BCUT2D eigenvalue weighted by molar-refractivity contribution is 14.0. The van der Waals surface area contributed by atoms with E-state index in [1.807, 2.05) is 24.4 Å². The maximum atomic E-state index is 10.6. The van der Waals surface area contributed by atoms with E-state index in [9.17, 15) is 5.11 Å². The van der Waals surface area contributed by atoms with Crippen molar-refractivity contribution < 1.29 is 5.11 Å². The molecular weight excluding hydrogens is 459 g/mol. The fraction of sp³-hybridized carbons (Fsp3) is 0.737. The van der Waals surface area contributed by atoms with Crippen molar-refractivity contribution in [3.8, 4) is 0 Å². The highest BCUT2D eigenvalue weighted by Gasteiger charge is 2.24. The van der Waals surface area contributed by atoms with Gasteiger partial charge in [0.05, 0.1) is 6.54 Å². The second kappa shape index (κ2) is 12.2. The first kappa shape index (κ1) is 23.7. The van der Waals surface area contributed by atoms with Crippen LogP contribution in [0.15, 0.2) is 22.5 Å². The van der Waals surface area contributed by atoms with Crippen LogP contribution in [0.3, 0.4) is 0 Å². The fourth-order valence-electron chi connectivity index (χ4n) is 3.22. The van der Waals surface area contributed by atoms with Gasteiger partial charge in [-0.15, -0.1) is 35.3 Å². The van der Waals surface area contributed by atoms with E-state index in [2.05, 4.69) is 34.4 Å². The Kier molecular flexibility index (Phi) is 11.1. The number of piperidine rings is 1. The van der Waals surface area contributed by atoms with Crippen LogP contribution in [0.5, 0.6) is 0 Å². The van der Waals surface area contributed by atoms with Crippen molar-refractivity contribution in [2.75, 3.05) is 32.7 Å². The van der Waals surface area contributed by atoms with Crippen molar-refractivity contribution >= 4 is 41.3 Å². The number of nitrogens with zero attached hydrogens (tertiary/aromatic N) is 2. The number of likely N-dealkylation sites (tertiary alicyclic amines) is 1. The summed E-state index contributed by atoms with van der Waals surface area (Å²) in [6.07, 6.45) is 5.14. The predicted molar refractivity (Wildman–Crippen MR) is 123 cm³/mol. The number of rotatable bonds is 8. The molecule has 7 heteroatoms. The Hall–Kier alpha value is -0.380. The van der Waals surface area contributed by atoms with Crippen molar-refractivity contribution in [3.05, 3.63) is 22.4 Å². The maximum Gasteiger partial charge on any atom is 0.191 e. The molecule has 1 aromatic rings. The summed E-state index contributed by atoms with van der Waals surface area (Å²) >= 11 is 1.57. The van der Waals surface area contributed by atoms with Crippen LogP contribution in [0.2, 0.25) is 0 Å². The summed E-state index contributed by atoms with van der Waals surface area (Å²) in [6.45, 7) is 10.7. The molecular formula is C19H35IN4OS. The summed E-state index contributed by atoms with van der Waals surface area (Å²) in [4.78, 5) is 8.12.